The molecule has 0 saturated heterocycles. The quantitative estimate of drug-likeness (QED) is 0.0966. The van der Waals surface area contributed by atoms with Crippen molar-refractivity contribution in [3.05, 3.63) is 78.9 Å². The number of pyridine rings is 3. The third-order valence-electron chi connectivity index (χ3n) is 6.42. The number of carbonyl (C=O) groups excluding carboxylic acids is 1. The second kappa shape index (κ2) is 21.1. The number of hydrogen-bond acceptors (Lipinski definition) is 5. The highest BCUT2D eigenvalue weighted by Gasteiger charge is 2.16. The Bertz CT molecular complexity index is 1190. The summed E-state index contributed by atoms with van der Waals surface area (Å²) in [6.07, 6.45) is 15.9. The number of nitrogens with one attached hydrogen (secondary N) is 1. The fourth-order valence-electron chi connectivity index (χ4n) is 4.43. The van der Waals surface area contributed by atoms with Crippen LogP contribution in [-0.2, 0) is 30.0 Å². The molecule has 218 valence electrons. The number of nitrogens with zero attached hydrogens (tertiary/aromatic N) is 3. The number of aromatic nitrogens is 3. The van der Waals surface area contributed by atoms with Crippen molar-refractivity contribution in [1.82, 2.24) is 8.51 Å². The summed E-state index contributed by atoms with van der Waals surface area (Å²) in [5.41, 5.74) is 8.12. The van der Waals surface area contributed by atoms with Crippen molar-refractivity contribution in [2.24, 2.45) is 19.8 Å². The highest BCUT2D eigenvalue weighted by Crippen LogP contribution is 2.19. The van der Waals surface area contributed by atoms with Crippen molar-refractivity contribution in [2.75, 3.05) is 14.2 Å². The molecule has 3 heterocycles. The number of benzene rings is 1. The molecule has 40 heavy (non-hydrogen) atoms. The highest BCUT2D eigenvalue weighted by atomic mass is 127. The van der Waals surface area contributed by atoms with E-state index in [1.165, 1.54) is 68.1 Å². The summed E-state index contributed by atoms with van der Waals surface area (Å²) in [6, 6.07) is 17.4. The van der Waals surface area contributed by atoms with Crippen LogP contribution in [0.3, 0.4) is 0 Å². The first-order valence-electron chi connectivity index (χ1n) is 14.1. The van der Waals surface area contributed by atoms with Gasteiger partial charge in [0.2, 0.25) is 0 Å². The van der Waals surface area contributed by atoms with E-state index in [0.29, 0.717) is 12.8 Å². The number of ether oxygens (including phenoxy) is 1. The van der Waals surface area contributed by atoms with Gasteiger partial charge in [-0.1, -0.05) is 39.2 Å². The van der Waals surface area contributed by atoms with Crippen molar-refractivity contribution >= 4 is 50.6 Å². The van der Waals surface area contributed by atoms with E-state index in [1.54, 1.807) is 12.4 Å². The molecule has 3 aromatic heterocycles. The zero-order valence-corrected chi connectivity index (χ0v) is 27.2. The predicted octanol–water partition coefficient (Wildman–Crippen LogP) is 5.69. The predicted molar refractivity (Wildman–Crippen MR) is 174 cm³/mol. The molecule has 0 aliphatic heterocycles. The second-order valence-corrected chi connectivity index (χ2v) is 9.68. The van der Waals surface area contributed by atoms with Crippen molar-refractivity contribution < 1.29 is 18.7 Å². The third-order valence-corrected chi connectivity index (χ3v) is 7.30. The van der Waals surface area contributed by atoms with Gasteiger partial charge in [-0.05, 0) is 62.2 Å². The van der Waals surface area contributed by atoms with Crippen molar-refractivity contribution in [2.45, 2.75) is 64.8 Å². The summed E-state index contributed by atoms with van der Waals surface area (Å²) in [5.74, 6) is -0.182. The van der Waals surface area contributed by atoms with Gasteiger partial charge in [0.05, 0.1) is 17.9 Å². The molecule has 1 fully saturated rings. The maximum absolute atomic E-state index is 10.7. The molecule has 1 saturated carbocycles. The molecule has 7 nitrogen and oxygen atoms in total. The Balaban J connectivity index is 0.000000296. The van der Waals surface area contributed by atoms with E-state index in [4.69, 9.17) is 0 Å². The van der Waals surface area contributed by atoms with Gasteiger partial charge in [0.15, 0.2) is 12.4 Å². The molecule has 0 amide bonds. The molecule has 8 heteroatoms. The van der Waals surface area contributed by atoms with Gasteiger partial charge in [-0.3, -0.25) is 13.3 Å². The van der Waals surface area contributed by atoms with Crippen molar-refractivity contribution in [3.63, 3.8) is 0 Å². The average molecular weight is 662 g/mol. The van der Waals surface area contributed by atoms with E-state index in [1.807, 2.05) is 26.0 Å². The van der Waals surface area contributed by atoms with Gasteiger partial charge in [-0.15, -0.1) is 0 Å². The van der Waals surface area contributed by atoms with Gasteiger partial charge < -0.3 is 10.5 Å². The van der Waals surface area contributed by atoms with Crippen LogP contribution < -0.4 is 18.4 Å². The van der Waals surface area contributed by atoms with E-state index in [9.17, 15) is 4.79 Å². The molecular weight excluding hydrogens is 613 g/mol. The Labute approximate surface area is 254 Å². The van der Waals surface area contributed by atoms with E-state index >= 15 is 0 Å². The smallest absolute Gasteiger partial charge is 0.305 e. The number of fused-ring (bicyclic) bond motifs is 3. The fourth-order valence-corrected chi connectivity index (χ4v) is 5.05. The lowest BCUT2D eigenvalue weighted by Gasteiger charge is -2.18. The Hall–Kier alpha value is -2.69. The number of rotatable bonds is 4. The maximum Gasteiger partial charge on any atom is 0.305 e. The first-order chi connectivity index (χ1) is 19.5. The molecule has 0 atom stereocenters. The summed E-state index contributed by atoms with van der Waals surface area (Å²) >= 11 is 2.26. The second-order valence-electron chi connectivity index (χ2n) is 9.06. The molecule has 0 radical (unpaired) electrons. The number of hydrogen-bond donors (Lipinski definition) is 2. The lowest BCUT2D eigenvalue weighted by atomic mass is 9.97. The number of halogens is 1. The SMILES string of the molecule is CC.CN.COC(=O)CCc1cccnc1.C[n+]1cccc2ccc3ccc[n+](C)c3c21.INC1CCCCC1. The van der Waals surface area contributed by atoms with Crippen LogP contribution in [0, 0.1) is 0 Å². The van der Waals surface area contributed by atoms with Gasteiger partial charge in [0.25, 0.3) is 11.0 Å². The Morgan fingerprint density at radius 1 is 0.950 bits per heavy atom. The first-order valence-corrected chi connectivity index (χ1v) is 15.2. The van der Waals surface area contributed by atoms with E-state index in [0.717, 1.165) is 11.6 Å². The van der Waals surface area contributed by atoms with Gasteiger partial charge >= 0.3 is 5.97 Å². The number of carbonyl (C=O) groups is 1. The minimum atomic E-state index is -0.182. The Kier molecular flexibility index (Phi) is 18.6. The lowest BCUT2D eigenvalue weighted by Crippen LogP contribution is -2.34. The van der Waals surface area contributed by atoms with Crippen LogP contribution >= 0.6 is 22.9 Å². The summed E-state index contributed by atoms with van der Waals surface area (Å²) in [5, 5.41) is 2.55. The fraction of sp³-hybridized carbons (Fsp3) is 0.438. The van der Waals surface area contributed by atoms with Crippen molar-refractivity contribution in [1.29, 1.82) is 0 Å². The van der Waals surface area contributed by atoms with Crippen LogP contribution in [0.25, 0.3) is 21.8 Å². The zero-order chi connectivity index (χ0) is 29.8. The van der Waals surface area contributed by atoms with Crippen LogP contribution in [-0.4, -0.2) is 31.2 Å². The molecule has 1 aromatic carbocycles. The molecule has 3 N–H and O–H groups in total. The van der Waals surface area contributed by atoms with Crippen LogP contribution in [0.5, 0.6) is 0 Å². The summed E-state index contributed by atoms with van der Waals surface area (Å²) < 4.78 is 12.1. The van der Waals surface area contributed by atoms with E-state index in [2.05, 4.69) is 114 Å². The van der Waals surface area contributed by atoms with Crippen molar-refractivity contribution in [3.8, 4) is 0 Å². The average Bonchev–Trinajstić information content (AvgIpc) is 3.03. The van der Waals surface area contributed by atoms with Crippen LogP contribution in [0.4, 0.5) is 0 Å². The molecule has 4 aromatic rings. The molecule has 5 rings (SSSR count). The minimum absolute atomic E-state index is 0.182. The number of nitrogens with two attached hydrogens (primary N) is 1. The molecule has 0 spiro atoms. The van der Waals surface area contributed by atoms with Crippen LogP contribution in [0.2, 0.25) is 0 Å². The topological polar surface area (TPSA) is 85.0 Å². The monoisotopic (exact) mass is 661 g/mol. The van der Waals surface area contributed by atoms with Crippen LogP contribution in [0.1, 0.15) is 57.9 Å². The van der Waals surface area contributed by atoms with E-state index in [-0.39, 0.29) is 5.97 Å². The molecule has 0 unspecified atom stereocenters. The largest absolute Gasteiger partial charge is 0.469 e. The summed E-state index contributed by atoms with van der Waals surface area (Å²) in [4.78, 5) is 14.7. The highest BCUT2D eigenvalue weighted by molar-refractivity contribution is 14.1. The first kappa shape index (κ1) is 35.3. The van der Waals surface area contributed by atoms with Gasteiger partial charge in [-0.25, -0.2) is 0 Å². The molecular formula is C32H48IN5O2+2. The minimum Gasteiger partial charge on any atom is -0.469 e. The van der Waals surface area contributed by atoms with Gasteiger partial charge in [0, 0.05) is 59.9 Å². The van der Waals surface area contributed by atoms with Crippen LogP contribution in [0.15, 0.2) is 73.3 Å². The van der Waals surface area contributed by atoms with Gasteiger partial charge in [0.1, 0.15) is 14.1 Å². The lowest BCUT2D eigenvalue weighted by molar-refractivity contribution is -0.664. The summed E-state index contributed by atoms with van der Waals surface area (Å²) in [7, 11) is 7.08. The normalized spacial score (nSPS) is 12.3. The molecule has 0 bridgehead atoms. The number of esters is 1. The summed E-state index contributed by atoms with van der Waals surface area (Å²) in [6.45, 7) is 4.00. The molecule has 1 aliphatic rings. The Morgan fingerprint density at radius 3 is 1.93 bits per heavy atom. The standard InChI is InChI=1S/C14H14N2.C9H11NO2.C6H12IN.C2H6.CH5N/c1-15-9-3-5-11-7-8-12-6-4-10-16(2)14(12)13(11)15;1-12-9(11)5-4-8-3-2-6-10-7-8;7-8-6-4-2-1-3-5-6;2*1-2/h3-10H,1-2H3;2-3,6-7H,4-5H2,1H3;6,8H,1-5H2;1-2H3;2H2,1H3/q+2;;;;. The van der Waals surface area contributed by atoms with Gasteiger partial charge in [-0.2, -0.15) is 9.13 Å². The molecule has 1 aliphatic carbocycles. The third kappa shape index (κ3) is 11.8. The maximum atomic E-state index is 10.7. The Morgan fingerprint density at radius 2 is 1.50 bits per heavy atom. The number of methoxy groups -OCH3 is 1. The number of aryl methyl sites for hydroxylation is 3. The van der Waals surface area contributed by atoms with E-state index < -0.39 is 0 Å². The zero-order valence-electron chi connectivity index (χ0n) is 25.1.